The predicted molar refractivity (Wildman–Crippen MR) is 120 cm³/mol. The average Bonchev–Trinajstić information content (AvgIpc) is 3.39. The van der Waals surface area contributed by atoms with Crippen LogP contribution in [0.1, 0.15) is 34.5 Å². The number of aromatic nitrogens is 1. The maximum absolute atomic E-state index is 13.3. The Labute approximate surface area is 186 Å². The number of hydrogen-bond acceptors (Lipinski definition) is 4. The van der Waals surface area contributed by atoms with Crippen LogP contribution in [0.2, 0.25) is 5.02 Å². The van der Waals surface area contributed by atoms with Gasteiger partial charge < -0.3 is 14.8 Å². The van der Waals surface area contributed by atoms with Gasteiger partial charge in [0.25, 0.3) is 5.91 Å². The summed E-state index contributed by atoms with van der Waals surface area (Å²) in [7, 11) is 1.60. The van der Waals surface area contributed by atoms with E-state index in [1.807, 2.05) is 25.1 Å². The smallest absolute Gasteiger partial charge is 0.262 e. The third kappa shape index (κ3) is 4.45. The molecule has 1 amide bonds. The standard InChI is InChI=1S/C24H25ClN2O4/c1-15-20(13-23(28)26-14-19-4-3-11-31-19)21-12-18(30-2)9-10-22(21)27(15)24(29)16-5-7-17(25)8-6-16/h5-10,12,19H,3-4,11,13-14H2,1-2H3,(H,26,28)/t19-/m1/s1. The van der Waals surface area contributed by atoms with Gasteiger partial charge in [0.05, 0.1) is 25.2 Å². The number of benzene rings is 2. The molecule has 162 valence electrons. The molecule has 0 saturated carbocycles. The van der Waals surface area contributed by atoms with Crippen molar-refractivity contribution in [3.63, 3.8) is 0 Å². The summed E-state index contributed by atoms with van der Waals surface area (Å²) >= 11 is 5.97. The molecule has 6 nitrogen and oxygen atoms in total. The molecule has 1 N–H and O–H groups in total. The molecule has 2 heterocycles. The third-order valence-electron chi connectivity index (χ3n) is 5.72. The second kappa shape index (κ2) is 9.12. The van der Waals surface area contributed by atoms with Gasteiger partial charge in [-0.3, -0.25) is 14.2 Å². The molecule has 1 aliphatic rings. The van der Waals surface area contributed by atoms with Crippen LogP contribution in [0.4, 0.5) is 0 Å². The summed E-state index contributed by atoms with van der Waals surface area (Å²) in [6, 6.07) is 12.3. The van der Waals surface area contributed by atoms with Crippen LogP contribution in [-0.4, -0.2) is 42.7 Å². The molecule has 31 heavy (non-hydrogen) atoms. The summed E-state index contributed by atoms with van der Waals surface area (Å²) in [6.45, 7) is 3.12. The lowest BCUT2D eigenvalue weighted by atomic mass is 10.1. The van der Waals surface area contributed by atoms with Gasteiger partial charge >= 0.3 is 0 Å². The summed E-state index contributed by atoms with van der Waals surface area (Å²) in [6.07, 6.45) is 2.24. The average molecular weight is 441 g/mol. The van der Waals surface area contributed by atoms with Crippen molar-refractivity contribution in [2.24, 2.45) is 0 Å². The van der Waals surface area contributed by atoms with Gasteiger partial charge in [-0.15, -0.1) is 0 Å². The maximum atomic E-state index is 13.3. The van der Waals surface area contributed by atoms with Crippen molar-refractivity contribution < 1.29 is 19.1 Å². The van der Waals surface area contributed by atoms with Crippen molar-refractivity contribution in [2.75, 3.05) is 20.3 Å². The zero-order valence-electron chi connectivity index (χ0n) is 17.6. The first-order chi connectivity index (χ1) is 15.0. The molecular formula is C24H25ClN2O4. The molecule has 0 unspecified atom stereocenters. The maximum Gasteiger partial charge on any atom is 0.262 e. The number of hydrogen-bond donors (Lipinski definition) is 1. The van der Waals surface area contributed by atoms with E-state index < -0.39 is 0 Å². The van der Waals surface area contributed by atoms with Gasteiger partial charge in [0, 0.05) is 34.8 Å². The Morgan fingerprint density at radius 3 is 2.68 bits per heavy atom. The lowest BCUT2D eigenvalue weighted by molar-refractivity contribution is -0.120. The summed E-state index contributed by atoms with van der Waals surface area (Å²) in [5, 5.41) is 4.36. The van der Waals surface area contributed by atoms with Crippen LogP contribution >= 0.6 is 11.6 Å². The molecule has 0 aliphatic carbocycles. The molecular weight excluding hydrogens is 416 g/mol. The first-order valence-corrected chi connectivity index (χ1v) is 10.7. The molecule has 1 atom stereocenters. The fourth-order valence-corrected chi connectivity index (χ4v) is 4.18. The van der Waals surface area contributed by atoms with Crippen molar-refractivity contribution in [3.8, 4) is 5.75 Å². The molecule has 3 aromatic rings. The lowest BCUT2D eigenvalue weighted by Gasteiger charge is -2.11. The fraction of sp³-hybridized carbons (Fsp3) is 0.333. The molecule has 0 spiro atoms. The highest BCUT2D eigenvalue weighted by atomic mass is 35.5. The molecule has 4 rings (SSSR count). The number of nitrogens with one attached hydrogen (secondary N) is 1. The predicted octanol–water partition coefficient (Wildman–Crippen LogP) is 4.14. The van der Waals surface area contributed by atoms with Gasteiger partial charge in [-0.2, -0.15) is 0 Å². The number of carbonyl (C=O) groups is 2. The van der Waals surface area contributed by atoms with E-state index in [9.17, 15) is 9.59 Å². The van der Waals surface area contributed by atoms with E-state index in [1.165, 1.54) is 0 Å². The van der Waals surface area contributed by atoms with E-state index >= 15 is 0 Å². The van der Waals surface area contributed by atoms with E-state index in [0.29, 0.717) is 22.9 Å². The van der Waals surface area contributed by atoms with Gasteiger partial charge in [-0.25, -0.2) is 0 Å². The number of ether oxygens (including phenoxy) is 2. The van der Waals surface area contributed by atoms with E-state index in [-0.39, 0.29) is 24.3 Å². The Hall–Kier alpha value is -2.83. The molecule has 7 heteroatoms. The SMILES string of the molecule is COc1ccc2c(c1)c(CC(=O)NC[C@H]1CCCO1)c(C)n2C(=O)c1ccc(Cl)cc1. The lowest BCUT2D eigenvalue weighted by Crippen LogP contribution is -2.32. The summed E-state index contributed by atoms with van der Waals surface area (Å²) in [5.74, 6) is 0.402. The Morgan fingerprint density at radius 1 is 1.23 bits per heavy atom. The van der Waals surface area contributed by atoms with Crippen molar-refractivity contribution in [1.29, 1.82) is 0 Å². The van der Waals surface area contributed by atoms with Crippen LogP contribution in [0.25, 0.3) is 10.9 Å². The fourth-order valence-electron chi connectivity index (χ4n) is 4.05. The molecule has 1 fully saturated rings. The molecule has 0 bridgehead atoms. The van der Waals surface area contributed by atoms with Crippen LogP contribution in [0.15, 0.2) is 42.5 Å². The Kier molecular flexibility index (Phi) is 6.30. The largest absolute Gasteiger partial charge is 0.497 e. The minimum absolute atomic E-state index is 0.0814. The van der Waals surface area contributed by atoms with Crippen LogP contribution in [-0.2, 0) is 16.0 Å². The zero-order chi connectivity index (χ0) is 22.0. The normalized spacial score (nSPS) is 15.9. The number of rotatable bonds is 6. The van der Waals surface area contributed by atoms with E-state index in [2.05, 4.69) is 5.32 Å². The van der Waals surface area contributed by atoms with E-state index in [1.54, 1.807) is 35.9 Å². The van der Waals surface area contributed by atoms with Crippen molar-refractivity contribution in [1.82, 2.24) is 9.88 Å². The van der Waals surface area contributed by atoms with E-state index in [4.69, 9.17) is 21.1 Å². The van der Waals surface area contributed by atoms with Crippen molar-refractivity contribution in [2.45, 2.75) is 32.3 Å². The second-order valence-corrected chi connectivity index (χ2v) is 8.15. The Morgan fingerprint density at radius 2 is 2.00 bits per heavy atom. The highest BCUT2D eigenvalue weighted by Crippen LogP contribution is 2.31. The van der Waals surface area contributed by atoms with Gasteiger partial charge in [0.1, 0.15) is 5.75 Å². The van der Waals surface area contributed by atoms with Crippen molar-refractivity contribution >= 4 is 34.3 Å². The minimum atomic E-state index is -0.171. The van der Waals surface area contributed by atoms with Gasteiger partial charge in [-0.1, -0.05) is 11.6 Å². The topological polar surface area (TPSA) is 69.6 Å². The Balaban J connectivity index is 1.68. The highest BCUT2D eigenvalue weighted by Gasteiger charge is 2.23. The number of methoxy groups -OCH3 is 1. The number of carbonyl (C=O) groups excluding carboxylic acids is 2. The van der Waals surface area contributed by atoms with Crippen LogP contribution in [0, 0.1) is 6.92 Å². The highest BCUT2D eigenvalue weighted by molar-refractivity contribution is 6.30. The first-order valence-electron chi connectivity index (χ1n) is 10.3. The van der Waals surface area contributed by atoms with Gasteiger partial charge in [-0.05, 0) is 67.8 Å². The monoisotopic (exact) mass is 440 g/mol. The molecule has 0 radical (unpaired) electrons. The van der Waals surface area contributed by atoms with Crippen LogP contribution < -0.4 is 10.1 Å². The second-order valence-electron chi connectivity index (χ2n) is 7.71. The Bertz CT molecular complexity index is 1110. The molecule has 2 aromatic carbocycles. The van der Waals surface area contributed by atoms with E-state index in [0.717, 1.165) is 41.6 Å². The number of nitrogens with zero attached hydrogens (tertiary/aromatic N) is 1. The van der Waals surface area contributed by atoms with Crippen molar-refractivity contribution in [3.05, 3.63) is 64.3 Å². The van der Waals surface area contributed by atoms with Crippen LogP contribution in [0.5, 0.6) is 5.75 Å². The zero-order valence-corrected chi connectivity index (χ0v) is 18.4. The molecule has 1 aliphatic heterocycles. The third-order valence-corrected chi connectivity index (χ3v) is 5.98. The minimum Gasteiger partial charge on any atom is -0.497 e. The van der Waals surface area contributed by atoms with Gasteiger partial charge in [0.15, 0.2) is 0 Å². The first kappa shape index (κ1) is 21.4. The molecule has 1 aromatic heterocycles. The number of halogens is 1. The number of amides is 1. The quantitative estimate of drug-likeness (QED) is 0.625. The molecule has 1 saturated heterocycles. The van der Waals surface area contributed by atoms with Gasteiger partial charge in [0.2, 0.25) is 5.91 Å². The number of fused-ring (bicyclic) bond motifs is 1. The summed E-state index contributed by atoms with van der Waals surface area (Å²) < 4.78 is 12.6. The summed E-state index contributed by atoms with van der Waals surface area (Å²) in [5.41, 5.74) is 2.80. The van der Waals surface area contributed by atoms with Crippen LogP contribution in [0.3, 0.4) is 0 Å². The summed E-state index contributed by atoms with van der Waals surface area (Å²) in [4.78, 5) is 26.0.